The minimum absolute atomic E-state index is 0.0854. The zero-order chi connectivity index (χ0) is 13.0. The van der Waals surface area contributed by atoms with Crippen molar-refractivity contribution in [2.24, 2.45) is 5.73 Å². The Balaban J connectivity index is 4.31. The Hall–Kier alpha value is -0.620. The lowest BCUT2D eigenvalue weighted by molar-refractivity contribution is -0.122. The molecule has 16 heavy (non-hydrogen) atoms. The highest BCUT2D eigenvalue weighted by atomic mass is 32.2. The summed E-state index contributed by atoms with van der Waals surface area (Å²) < 4.78 is 21.8. The van der Waals surface area contributed by atoms with Crippen LogP contribution in [0.15, 0.2) is 0 Å². The number of nitrogens with two attached hydrogens (primary N) is 1. The maximum absolute atomic E-state index is 11.5. The van der Waals surface area contributed by atoms with Crippen molar-refractivity contribution in [1.82, 2.24) is 5.32 Å². The van der Waals surface area contributed by atoms with Gasteiger partial charge in [0.1, 0.15) is 0 Å². The average Bonchev–Trinajstić information content (AvgIpc) is 2.12. The number of sulfone groups is 1. The molecule has 3 N–H and O–H groups in total. The third-order valence-corrected chi connectivity index (χ3v) is 4.78. The van der Waals surface area contributed by atoms with Crippen molar-refractivity contribution in [3.05, 3.63) is 0 Å². The molecular weight excluding hydrogens is 228 g/mol. The van der Waals surface area contributed by atoms with Gasteiger partial charge < -0.3 is 11.1 Å². The molecular formula is C10H22N2O3S. The molecule has 6 heteroatoms. The van der Waals surface area contributed by atoms with Gasteiger partial charge in [-0.1, -0.05) is 13.3 Å². The van der Waals surface area contributed by atoms with Crippen LogP contribution in [0.2, 0.25) is 0 Å². The van der Waals surface area contributed by atoms with E-state index in [1.165, 1.54) is 0 Å². The van der Waals surface area contributed by atoms with Gasteiger partial charge in [0.05, 0.1) is 10.8 Å². The second-order valence-electron chi connectivity index (χ2n) is 4.64. The van der Waals surface area contributed by atoms with Gasteiger partial charge >= 0.3 is 0 Å². The van der Waals surface area contributed by atoms with E-state index in [4.69, 9.17) is 5.73 Å². The molecule has 0 aliphatic heterocycles. The van der Waals surface area contributed by atoms with Crippen LogP contribution in [0.25, 0.3) is 0 Å². The fraction of sp³-hybridized carbons (Fsp3) is 0.900. The molecule has 0 aliphatic carbocycles. The lowest BCUT2D eigenvalue weighted by Gasteiger charge is -2.23. The van der Waals surface area contributed by atoms with Gasteiger partial charge in [0.15, 0.2) is 9.84 Å². The summed E-state index contributed by atoms with van der Waals surface area (Å²) in [5.41, 5.74) is 5.60. The van der Waals surface area contributed by atoms with Crippen LogP contribution >= 0.6 is 0 Å². The summed E-state index contributed by atoms with van der Waals surface area (Å²) in [7, 11) is -3.19. The molecule has 0 fully saturated rings. The number of rotatable bonds is 6. The van der Waals surface area contributed by atoms with Crippen LogP contribution in [0.4, 0.5) is 0 Å². The molecule has 0 radical (unpaired) electrons. The van der Waals surface area contributed by atoms with Crippen molar-refractivity contribution in [1.29, 1.82) is 0 Å². The van der Waals surface area contributed by atoms with Crippen molar-refractivity contribution in [3.8, 4) is 0 Å². The molecule has 0 aliphatic rings. The van der Waals surface area contributed by atoms with Gasteiger partial charge in [-0.25, -0.2) is 8.42 Å². The number of nitrogens with one attached hydrogen (secondary N) is 1. The number of carbonyl (C=O) groups excluding carboxylic acids is 1. The molecule has 1 atom stereocenters. The summed E-state index contributed by atoms with van der Waals surface area (Å²) in [6.45, 7) is 5.18. The predicted octanol–water partition coefficient (Wildman–Crippen LogP) is 0.0532. The summed E-state index contributed by atoms with van der Waals surface area (Å²) in [5, 5.41) is 2.57. The third kappa shape index (κ3) is 4.49. The standard InChI is InChI=1S/C10H22N2O3S/c1-5-6-8(11)9(13)12-7-10(2,3)16(4,14)15/h8H,5-7,11H2,1-4H3,(H,12,13). The van der Waals surface area contributed by atoms with Crippen molar-refractivity contribution in [2.75, 3.05) is 12.8 Å². The molecule has 0 saturated heterocycles. The van der Waals surface area contributed by atoms with Gasteiger partial charge in [0, 0.05) is 12.8 Å². The summed E-state index contributed by atoms with van der Waals surface area (Å²) in [4.78, 5) is 11.5. The first kappa shape index (κ1) is 15.4. The van der Waals surface area contributed by atoms with Crippen molar-refractivity contribution in [3.63, 3.8) is 0 Å². The monoisotopic (exact) mass is 250 g/mol. The Morgan fingerprint density at radius 2 is 1.94 bits per heavy atom. The quantitative estimate of drug-likeness (QED) is 0.697. The minimum Gasteiger partial charge on any atom is -0.353 e. The van der Waals surface area contributed by atoms with Crippen molar-refractivity contribution < 1.29 is 13.2 Å². The third-order valence-electron chi connectivity index (χ3n) is 2.63. The highest BCUT2D eigenvalue weighted by Crippen LogP contribution is 2.13. The Morgan fingerprint density at radius 3 is 2.31 bits per heavy atom. The van der Waals surface area contributed by atoms with Crippen LogP contribution in [0.5, 0.6) is 0 Å². The molecule has 0 bridgehead atoms. The number of hydrogen-bond acceptors (Lipinski definition) is 4. The molecule has 0 aromatic rings. The molecule has 1 unspecified atom stereocenters. The molecule has 0 aromatic heterocycles. The lowest BCUT2D eigenvalue weighted by atomic mass is 10.1. The predicted molar refractivity (Wildman–Crippen MR) is 64.8 cm³/mol. The van der Waals surface area contributed by atoms with Crippen LogP contribution in [0, 0.1) is 0 Å². The zero-order valence-corrected chi connectivity index (χ0v) is 11.2. The maximum atomic E-state index is 11.5. The average molecular weight is 250 g/mol. The van der Waals surface area contributed by atoms with Gasteiger partial charge in [-0.05, 0) is 20.3 Å². The van der Waals surface area contributed by atoms with E-state index in [1.807, 2.05) is 6.92 Å². The molecule has 1 amide bonds. The van der Waals surface area contributed by atoms with E-state index in [0.717, 1.165) is 12.7 Å². The van der Waals surface area contributed by atoms with E-state index in [0.29, 0.717) is 6.42 Å². The molecule has 96 valence electrons. The van der Waals surface area contributed by atoms with E-state index in [9.17, 15) is 13.2 Å². The number of carbonyl (C=O) groups is 1. The zero-order valence-electron chi connectivity index (χ0n) is 10.4. The van der Waals surface area contributed by atoms with Gasteiger partial charge in [-0.15, -0.1) is 0 Å². The van der Waals surface area contributed by atoms with E-state index < -0.39 is 20.6 Å². The Labute approximate surface area is 97.7 Å². The first-order valence-corrected chi connectivity index (χ1v) is 7.24. The molecule has 0 spiro atoms. The van der Waals surface area contributed by atoms with Gasteiger partial charge in [-0.3, -0.25) is 4.79 Å². The fourth-order valence-corrected chi connectivity index (χ4v) is 1.34. The lowest BCUT2D eigenvalue weighted by Crippen LogP contribution is -2.48. The Morgan fingerprint density at radius 1 is 1.44 bits per heavy atom. The molecule has 0 aromatic carbocycles. The maximum Gasteiger partial charge on any atom is 0.236 e. The first-order valence-electron chi connectivity index (χ1n) is 5.34. The second kappa shape index (κ2) is 5.63. The van der Waals surface area contributed by atoms with Gasteiger partial charge in [-0.2, -0.15) is 0 Å². The van der Waals surface area contributed by atoms with Crippen LogP contribution in [0.1, 0.15) is 33.6 Å². The van der Waals surface area contributed by atoms with Crippen LogP contribution < -0.4 is 11.1 Å². The van der Waals surface area contributed by atoms with Crippen molar-refractivity contribution >= 4 is 15.7 Å². The summed E-state index contributed by atoms with van der Waals surface area (Å²) in [6, 6.07) is -0.555. The van der Waals surface area contributed by atoms with Gasteiger partial charge in [0.2, 0.25) is 5.91 Å². The van der Waals surface area contributed by atoms with E-state index in [-0.39, 0.29) is 12.5 Å². The highest BCUT2D eigenvalue weighted by Gasteiger charge is 2.30. The minimum atomic E-state index is -3.19. The molecule has 5 nitrogen and oxygen atoms in total. The topological polar surface area (TPSA) is 89.3 Å². The summed E-state index contributed by atoms with van der Waals surface area (Å²) in [5.74, 6) is -0.293. The van der Waals surface area contributed by atoms with Crippen molar-refractivity contribution in [2.45, 2.75) is 44.4 Å². The number of hydrogen-bond donors (Lipinski definition) is 2. The highest BCUT2D eigenvalue weighted by molar-refractivity contribution is 7.92. The molecule has 0 saturated carbocycles. The smallest absolute Gasteiger partial charge is 0.236 e. The van der Waals surface area contributed by atoms with E-state index in [1.54, 1.807) is 13.8 Å². The van der Waals surface area contributed by atoms with Crippen LogP contribution in [0.3, 0.4) is 0 Å². The van der Waals surface area contributed by atoms with E-state index >= 15 is 0 Å². The second-order valence-corrected chi connectivity index (χ2v) is 7.29. The largest absolute Gasteiger partial charge is 0.353 e. The summed E-state index contributed by atoms with van der Waals surface area (Å²) in [6.07, 6.45) is 2.58. The Bertz CT molecular complexity index is 336. The Kier molecular flexibility index (Phi) is 5.41. The molecule has 0 heterocycles. The van der Waals surface area contributed by atoms with E-state index in [2.05, 4.69) is 5.32 Å². The fourth-order valence-electron chi connectivity index (χ4n) is 1.00. The molecule has 0 rings (SSSR count). The van der Waals surface area contributed by atoms with Crippen LogP contribution in [-0.2, 0) is 14.6 Å². The number of amides is 1. The first-order chi connectivity index (χ1) is 7.12. The SMILES string of the molecule is CCCC(N)C(=O)NCC(C)(C)S(C)(=O)=O. The van der Waals surface area contributed by atoms with Crippen LogP contribution in [-0.4, -0.2) is 37.9 Å². The summed E-state index contributed by atoms with van der Waals surface area (Å²) >= 11 is 0. The van der Waals surface area contributed by atoms with Gasteiger partial charge in [0.25, 0.3) is 0 Å². The normalized spacial score (nSPS) is 14.6.